The first-order valence-corrected chi connectivity index (χ1v) is 10.2. The van der Waals surface area contributed by atoms with Crippen molar-refractivity contribution in [1.29, 1.82) is 0 Å². The van der Waals surface area contributed by atoms with Crippen molar-refractivity contribution in [1.82, 2.24) is 15.2 Å². The summed E-state index contributed by atoms with van der Waals surface area (Å²) in [5.41, 5.74) is 1.88. The van der Waals surface area contributed by atoms with Gasteiger partial charge in [-0.25, -0.2) is 4.98 Å². The van der Waals surface area contributed by atoms with Gasteiger partial charge in [-0.1, -0.05) is 30.3 Å². The molecule has 0 radical (unpaired) electrons. The zero-order chi connectivity index (χ0) is 19.2. The molecule has 148 valence electrons. The average Bonchev–Trinajstić information content (AvgIpc) is 3.30. The fraction of sp³-hybridized carbons (Fsp3) is 0.455. The number of hydrogen-bond acceptors (Lipinski definition) is 5. The molecule has 2 saturated heterocycles. The molecule has 4 rings (SSSR count). The summed E-state index contributed by atoms with van der Waals surface area (Å²) in [7, 11) is 0. The minimum absolute atomic E-state index is 0.0517. The van der Waals surface area contributed by atoms with E-state index in [9.17, 15) is 4.79 Å². The van der Waals surface area contributed by atoms with E-state index in [0.717, 1.165) is 58.1 Å². The number of amides is 1. The Morgan fingerprint density at radius 2 is 1.79 bits per heavy atom. The highest BCUT2D eigenvalue weighted by atomic mass is 16.5. The summed E-state index contributed by atoms with van der Waals surface area (Å²) in [5.74, 6) is 0.754. The second-order valence-electron chi connectivity index (χ2n) is 7.35. The maximum Gasteiger partial charge on any atom is 0.255 e. The summed E-state index contributed by atoms with van der Waals surface area (Å²) in [6.45, 7) is 5.73. The van der Waals surface area contributed by atoms with Crippen LogP contribution in [0.1, 0.15) is 34.8 Å². The number of carbonyl (C=O) groups is 1. The van der Waals surface area contributed by atoms with Crippen molar-refractivity contribution in [3.8, 4) is 0 Å². The van der Waals surface area contributed by atoms with Gasteiger partial charge in [0.2, 0.25) is 0 Å². The third-order valence-corrected chi connectivity index (χ3v) is 5.56. The van der Waals surface area contributed by atoms with E-state index in [4.69, 9.17) is 4.74 Å². The minimum Gasteiger partial charge on any atom is -0.379 e. The highest BCUT2D eigenvalue weighted by molar-refractivity contribution is 5.98. The Bertz CT molecular complexity index is 771. The van der Waals surface area contributed by atoms with Crippen LogP contribution in [-0.2, 0) is 4.74 Å². The molecular weight excluding hydrogens is 352 g/mol. The highest BCUT2D eigenvalue weighted by Gasteiger charge is 2.25. The van der Waals surface area contributed by atoms with Crippen molar-refractivity contribution in [2.45, 2.75) is 18.9 Å². The molecule has 28 heavy (non-hydrogen) atoms. The Morgan fingerprint density at radius 1 is 1.04 bits per heavy atom. The van der Waals surface area contributed by atoms with E-state index < -0.39 is 0 Å². The second kappa shape index (κ2) is 9.17. The summed E-state index contributed by atoms with van der Waals surface area (Å²) in [6, 6.07) is 14.2. The zero-order valence-corrected chi connectivity index (χ0v) is 16.2. The van der Waals surface area contributed by atoms with Crippen LogP contribution < -0.4 is 10.2 Å². The molecule has 0 aliphatic carbocycles. The van der Waals surface area contributed by atoms with E-state index >= 15 is 0 Å². The van der Waals surface area contributed by atoms with Gasteiger partial charge < -0.3 is 15.0 Å². The topological polar surface area (TPSA) is 57.7 Å². The molecule has 0 saturated carbocycles. The lowest BCUT2D eigenvalue weighted by Gasteiger charge is -2.35. The predicted octanol–water partition coefficient (Wildman–Crippen LogP) is 2.49. The Morgan fingerprint density at radius 3 is 2.54 bits per heavy atom. The number of benzene rings is 1. The van der Waals surface area contributed by atoms with Crippen LogP contribution in [0.2, 0.25) is 0 Å². The molecule has 1 atom stereocenters. The van der Waals surface area contributed by atoms with Gasteiger partial charge >= 0.3 is 0 Å². The fourth-order valence-electron chi connectivity index (χ4n) is 4.06. The van der Waals surface area contributed by atoms with E-state index in [1.165, 1.54) is 5.56 Å². The van der Waals surface area contributed by atoms with Gasteiger partial charge in [-0.15, -0.1) is 0 Å². The zero-order valence-electron chi connectivity index (χ0n) is 16.2. The van der Waals surface area contributed by atoms with Gasteiger partial charge in [-0.2, -0.15) is 0 Å². The Labute approximate surface area is 166 Å². The molecule has 2 aliphatic rings. The van der Waals surface area contributed by atoms with Crippen LogP contribution in [0.3, 0.4) is 0 Å². The van der Waals surface area contributed by atoms with Gasteiger partial charge in [0.15, 0.2) is 0 Å². The molecule has 1 unspecified atom stereocenters. The molecule has 0 bridgehead atoms. The molecular formula is C22H28N4O2. The molecule has 6 nitrogen and oxygen atoms in total. The number of morpholine rings is 1. The third-order valence-electron chi connectivity index (χ3n) is 5.56. The van der Waals surface area contributed by atoms with Gasteiger partial charge in [0, 0.05) is 38.9 Å². The largest absolute Gasteiger partial charge is 0.379 e. The highest BCUT2D eigenvalue weighted by Crippen LogP contribution is 2.24. The maximum atomic E-state index is 13.0. The van der Waals surface area contributed by atoms with Crippen LogP contribution >= 0.6 is 0 Å². The summed E-state index contributed by atoms with van der Waals surface area (Å²) in [6.07, 6.45) is 4.08. The Balaban J connectivity index is 1.49. The summed E-state index contributed by atoms with van der Waals surface area (Å²) < 4.78 is 5.51. The van der Waals surface area contributed by atoms with Crippen molar-refractivity contribution in [3.05, 3.63) is 59.8 Å². The quantitative estimate of drug-likeness (QED) is 0.834. The van der Waals surface area contributed by atoms with E-state index in [1.807, 2.05) is 18.2 Å². The number of rotatable bonds is 6. The van der Waals surface area contributed by atoms with E-state index in [0.29, 0.717) is 12.1 Å². The second-order valence-corrected chi connectivity index (χ2v) is 7.35. The molecule has 1 N–H and O–H groups in total. The van der Waals surface area contributed by atoms with Gasteiger partial charge in [-0.3, -0.25) is 9.69 Å². The number of pyridine rings is 1. The first-order chi connectivity index (χ1) is 13.8. The van der Waals surface area contributed by atoms with Crippen LogP contribution in [0.25, 0.3) is 0 Å². The normalized spacial score (nSPS) is 18.8. The van der Waals surface area contributed by atoms with E-state index in [2.05, 4.69) is 44.4 Å². The lowest BCUT2D eigenvalue weighted by atomic mass is 10.0. The molecule has 2 aliphatic heterocycles. The van der Waals surface area contributed by atoms with Crippen LogP contribution in [0, 0.1) is 0 Å². The fourth-order valence-corrected chi connectivity index (χ4v) is 4.06. The summed E-state index contributed by atoms with van der Waals surface area (Å²) >= 11 is 0. The summed E-state index contributed by atoms with van der Waals surface area (Å²) in [4.78, 5) is 22.1. The molecule has 2 aromatic rings. The van der Waals surface area contributed by atoms with Crippen LogP contribution in [0.15, 0.2) is 48.7 Å². The Hall–Kier alpha value is -2.44. The number of aromatic nitrogens is 1. The number of ether oxygens (including phenoxy) is 1. The first kappa shape index (κ1) is 18.9. The number of carbonyl (C=O) groups excluding carboxylic acids is 1. The van der Waals surface area contributed by atoms with Crippen LogP contribution in [0.5, 0.6) is 0 Å². The van der Waals surface area contributed by atoms with Crippen molar-refractivity contribution >= 4 is 11.7 Å². The number of nitrogens with one attached hydrogen (secondary N) is 1. The molecule has 2 fully saturated rings. The van der Waals surface area contributed by atoms with Gasteiger partial charge in [0.1, 0.15) is 5.82 Å². The molecule has 1 amide bonds. The predicted molar refractivity (Wildman–Crippen MR) is 110 cm³/mol. The van der Waals surface area contributed by atoms with Crippen molar-refractivity contribution in [2.75, 3.05) is 50.8 Å². The average molecular weight is 380 g/mol. The number of anilines is 1. The smallest absolute Gasteiger partial charge is 0.255 e. The lowest BCUT2D eigenvalue weighted by Crippen LogP contribution is -2.44. The standard InChI is InChI=1S/C22H28N4O2/c27-22(19-9-6-10-23-21(19)26-11-4-5-12-26)24-17-20(18-7-2-1-3-8-18)25-13-15-28-16-14-25/h1-3,6-10,20H,4-5,11-17H2,(H,24,27). The Kier molecular flexibility index (Phi) is 6.19. The van der Waals surface area contributed by atoms with Gasteiger partial charge in [-0.05, 0) is 30.5 Å². The van der Waals surface area contributed by atoms with Crippen molar-refractivity contribution in [3.63, 3.8) is 0 Å². The van der Waals surface area contributed by atoms with Crippen molar-refractivity contribution < 1.29 is 9.53 Å². The van der Waals surface area contributed by atoms with Crippen LogP contribution in [0.4, 0.5) is 5.82 Å². The van der Waals surface area contributed by atoms with Crippen LogP contribution in [-0.4, -0.2) is 61.7 Å². The number of nitrogens with zero attached hydrogens (tertiary/aromatic N) is 3. The molecule has 0 spiro atoms. The van der Waals surface area contributed by atoms with Gasteiger partial charge in [0.25, 0.3) is 5.91 Å². The molecule has 3 heterocycles. The SMILES string of the molecule is O=C(NCC(c1ccccc1)N1CCOCC1)c1cccnc1N1CCCC1. The first-order valence-electron chi connectivity index (χ1n) is 10.2. The maximum absolute atomic E-state index is 13.0. The van der Waals surface area contributed by atoms with Crippen molar-refractivity contribution in [2.24, 2.45) is 0 Å². The molecule has 6 heteroatoms. The lowest BCUT2D eigenvalue weighted by molar-refractivity contribution is 0.0162. The molecule has 1 aromatic heterocycles. The van der Waals surface area contributed by atoms with E-state index in [-0.39, 0.29) is 11.9 Å². The monoisotopic (exact) mass is 380 g/mol. The van der Waals surface area contributed by atoms with Gasteiger partial charge in [0.05, 0.1) is 24.8 Å². The molecule has 1 aromatic carbocycles. The summed E-state index contributed by atoms with van der Waals surface area (Å²) in [5, 5.41) is 3.17. The van der Waals surface area contributed by atoms with E-state index in [1.54, 1.807) is 6.20 Å². The number of hydrogen-bond donors (Lipinski definition) is 1. The third kappa shape index (κ3) is 4.34. The minimum atomic E-state index is -0.0517.